The Labute approximate surface area is 91.7 Å². The zero-order valence-electron chi connectivity index (χ0n) is 8.74. The number of carbonyl (C=O) groups is 1. The Balaban J connectivity index is 2.62. The highest BCUT2D eigenvalue weighted by Crippen LogP contribution is 2.20. The lowest BCUT2D eigenvalue weighted by molar-refractivity contribution is -0.141. The number of hydrogen-bond acceptors (Lipinski definition) is 3. The van der Waals surface area contributed by atoms with E-state index in [9.17, 15) is 18.7 Å². The minimum Gasteiger partial charge on any atom is -0.469 e. The van der Waals surface area contributed by atoms with E-state index in [1.54, 1.807) is 0 Å². The predicted molar refractivity (Wildman–Crippen MR) is 52.6 cm³/mol. The van der Waals surface area contributed by atoms with Gasteiger partial charge in [-0.15, -0.1) is 0 Å². The number of benzene rings is 1. The van der Waals surface area contributed by atoms with E-state index in [1.165, 1.54) is 13.2 Å². The fourth-order valence-corrected chi connectivity index (χ4v) is 1.24. The number of aliphatic hydroxyl groups excluding tert-OH is 1. The van der Waals surface area contributed by atoms with E-state index in [0.717, 1.165) is 12.1 Å². The molecule has 0 heterocycles. The van der Waals surface area contributed by atoms with Gasteiger partial charge in [0.25, 0.3) is 0 Å². The number of aliphatic hydroxyl groups is 1. The van der Waals surface area contributed by atoms with Crippen LogP contribution in [0.5, 0.6) is 0 Å². The van der Waals surface area contributed by atoms with E-state index < -0.39 is 23.7 Å². The molecule has 0 saturated carbocycles. The van der Waals surface area contributed by atoms with Gasteiger partial charge in [0.05, 0.1) is 13.2 Å². The fraction of sp³-hybridized carbons (Fsp3) is 0.364. The maximum absolute atomic E-state index is 12.8. The van der Waals surface area contributed by atoms with Crippen LogP contribution in [0.15, 0.2) is 18.2 Å². The normalized spacial score (nSPS) is 12.2. The molecule has 16 heavy (non-hydrogen) atoms. The van der Waals surface area contributed by atoms with E-state index in [0.29, 0.717) is 0 Å². The Kier molecular flexibility index (Phi) is 4.37. The van der Waals surface area contributed by atoms with Crippen molar-refractivity contribution >= 4 is 5.97 Å². The summed E-state index contributed by atoms with van der Waals surface area (Å²) < 4.78 is 29.8. The molecule has 0 aliphatic rings. The van der Waals surface area contributed by atoms with Crippen molar-refractivity contribution in [3.63, 3.8) is 0 Å². The number of halogens is 2. The minimum absolute atomic E-state index is 0.0245. The van der Waals surface area contributed by atoms with Gasteiger partial charge in [-0.2, -0.15) is 0 Å². The molecule has 0 aliphatic heterocycles. The maximum Gasteiger partial charge on any atom is 0.305 e. The number of carbonyl (C=O) groups excluding carboxylic acids is 1. The molecule has 0 bridgehead atoms. The average Bonchev–Trinajstić information content (AvgIpc) is 2.29. The summed E-state index contributed by atoms with van der Waals surface area (Å²) in [6.45, 7) is 0. The molecular weight excluding hydrogens is 218 g/mol. The van der Waals surface area contributed by atoms with Gasteiger partial charge < -0.3 is 9.84 Å². The van der Waals surface area contributed by atoms with Crippen molar-refractivity contribution in [2.45, 2.75) is 18.9 Å². The van der Waals surface area contributed by atoms with E-state index in [1.807, 2.05) is 0 Å². The minimum atomic E-state index is -1.02. The van der Waals surface area contributed by atoms with Gasteiger partial charge in [0.2, 0.25) is 0 Å². The Morgan fingerprint density at radius 2 is 2.12 bits per heavy atom. The molecule has 0 amide bonds. The van der Waals surface area contributed by atoms with Crippen molar-refractivity contribution in [2.24, 2.45) is 0 Å². The van der Waals surface area contributed by atoms with Crippen molar-refractivity contribution in [3.05, 3.63) is 35.4 Å². The quantitative estimate of drug-likeness (QED) is 0.804. The third kappa shape index (κ3) is 3.27. The van der Waals surface area contributed by atoms with Crippen LogP contribution >= 0.6 is 0 Å². The average molecular weight is 230 g/mol. The Bertz CT molecular complexity index is 379. The molecular formula is C11H12F2O3. The smallest absolute Gasteiger partial charge is 0.305 e. The van der Waals surface area contributed by atoms with Gasteiger partial charge >= 0.3 is 5.97 Å². The van der Waals surface area contributed by atoms with Crippen LogP contribution in [0.3, 0.4) is 0 Å². The third-order valence-electron chi connectivity index (χ3n) is 2.18. The molecule has 0 unspecified atom stereocenters. The van der Waals surface area contributed by atoms with Crippen LogP contribution in [0, 0.1) is 11.6 Å². The Hall–Kier alpha value is -1.49. The molecule has 5 heteroatoms. The number of ether oxygens (including phenoxy) is 1. The van der Waals surface area contributed by atoms with Gasteiger partial charge in [-0.3, -0.25) is 4.79 Å². The first-order chi connectivity index (χ1) is 7.54. The maximum atomic E-state index is 12.8. The van der Waals surface area contributed by atoms with Crippen LogP contribution in [0.2, 0.25) is 0 Å². The molecule has 0 spiro atoms. The molecule has 0 aromatic heterocycles. The summed E-state index contributed by atoms with van der Waals surface area (Å²) in [5.74, 6) is -2.44. The molecule has 3 nitrogen and oxygen atoms in total. The second kappa shape index (κ2) is 5.55. The lowest BCUT2D eigenvalue weighted by atomic mass is 10.0. The van der Waals surface area contributed by atoms with Gasteiger partial charge in [-0.1, -0.05) is 6.07 Å². The van der Waals surface area contributed by atoms with E-state index >= 15 is 0 Å². The monoisotopic (exact) mass is 230 g/mol. The first-order valence-electron chi connectivity index (χ1n) is 4.74. The number of hydrogen-bond donors (Lipinski definition) is 1. The SMILES string of the molecule is COC(=O)CC[C@H](O)c1ccc(F)c(F)c1. The molecule has 1 rings (SSSR count). The van der Waals surface area contributed by atoms with Crippen molar-refractivity contribution in [1.29, 1.82) is 0 Å². The number of methoxy groups -OCH3 is 1. The molecule has 1 aromatic rings. The topological polar surface area (TPSA) is 46.5 Å². The number of rotatable bonds is 4. The molecule has 1 atom stereocenters. The van der Waals surface area contributed by atoms with E-state index in [2.05, 4.69) is 4.74 Å². The first kappa shape index (κ1) is 12.6. The Morgan fingerprint density at radius 1 is 1.44 bits per heavy atom. The van der Waals surface area contributed by atoms with E-state index in [4.69, 9.17) is 0 Å². The highest BCUT2D eigenvalue weighted by molar-refractivity contribution is 5.69. The summed E-state index contributed by atoms with van der Waals surface area (Å²) in [6.07, 6.45) is -0.872. The Morgan fingerprint density at radius 3 is 2.69 bits per heavy atom. The second-order valence-corrected chi connectivity index (χ2v) is 3.30. The summed E-state index contributed by atoms with van der Waals surface area (Å²) >= 11 is 0. The summed E-state index contributed by atoms with van der Waals surface area (Å²) in [4.78, 5) is 10.8. The molecule has 1 N–H and O–H groups in total. The summed E-state index contributed by atoms with van der Waals surface area (Å²) in [7, 11) is 1.24. The van der Waals surface area contributed by atoms with Crippen LogP contribution in [0.4, 0.5) is 8.78 Å². The lowest BCUT2D eigenvalue weighted by Gasteiger charge is -2.10. The van der Waals surface area contributed by atoms with Gasteiger partial charge in [-0.25, -0.2) is 8.78 Å². The van der Waals surface area contributed by atoms with Crippen molar-refractivity contribution < 1.29 is 23.4 Å². The molecule has 0 fully saturated rings. The zero-order chi connectivity index (χ0) is 12.1. The molecule has 0 radical (unpaired) electrons. The standard InChI is InChI=1S/C11H12F2O3/c1-16-11(15)5-4-10(14)7-2-3-8(12)9(13)6-7/h2-3,6,10,14H,4-5H2,1H3/t10-/m0/s1. The van der Waals surface area contributed by atoms with Crippen molar-refractivity contribution in [3.8, 4) is 0 Å². The van der Waals surface area contributed by atoms with Crippen molar-refractivity contribution in [1.82, 2.24) is 0 Å². The highest BCUT2D eigenvalue weighted by atomic mass is 19.2. The van der Waals surface area contributed by atoms with Crippen LogP contribution in [0.1, 0.15) is 24.5 Å². The highest BCUT2D eigenvalue weighted by Gasteiger charge is 2.12. The van der Waals surface area contributed by atoms with Crippen LogP contribution in [0.25, 0.3) is 0 Å². The van der Waals surface area contributed by atoms with Crippen LogP contribution in [-0.4, -0.2) is 18.2 Å². The summed E-state index contributed by atoms with van der Waals surface area (Å²) in [5, 5.41) is 9.58. The van der Waals surface area contributed by atoms with E-state index in [-0.39, 0.29) is 18.4 Å². The van der Waals surface area contributed by atoms with Gasteiger partial charge in [-0.05, 0) is 24.1 Å². The lowest BCUT2D eigenvalue weighted by Crippen LogP contribution is -2.05. The fourth-order valence-electron chi connectivity index (χ4n) is 1.24. The second-order valence-electron chi connectivity index (χ2n) is 3.30. The first-order valence-corrected chi connectivity index (χ1v) is 4.74. The molecule has 1 aromatic carbocycles. The van der Waals surface area contributed by atoms with Crippen LogP contribution in [-0.2, 0) is 9.53 Å². The van der Waals surface area contributed by atoms with Gasteiger partial charge in [0.15, 0.2) is 11.6 Å². The van der Waals surface area contributed by atoms with Crippen molar-refractivity contribution in [2.75, 3.05) is 7.11 Å². The largest absolute Gasteiger partial charge is 0.469 e. The summed E-state index contributed by atoms with van der Waals surface area (Å²) in [5.41, 5.74) is 0.239. The molecule has 0 aliphatic carbocycles. The summed E-state index contributed by atoms with van der Waals surface area (Å²) in [6, 6.07) is 3.13. The predicted octanol–water partition coefficient (Wildman–Crippen LogP) is 1.95. The number of esters is 1. The molecule has 0 saturated heterocycles. The van der Waals surface area contributed by atoms with Gasteiger partial charge in [0.1, 0.15) is 0 Å². The third-order valence-corrected chi connectivity index (χ3v) is 2.18. The molecule has 88 valence electrons. The zero-order valence-corrected chi connectivity index (χ0v) is 8.74. The van der Waals surface area contributed by atoms with Crippen LogP contribution < -0.4 is 0 Å². The van der Waals surface area contributed by atoms with Gasteiger partial charge in [0, 0.05) is 6.42 Å².